The number of rotatable bonds is 1. The number of hydrogen-bond donors (Lipinski definition) is 1. The van der Waals surface area contributed by atoms with Crippen molar-refractivity contribution in [3.8, 4) is 0 Å². The van der Waals surface area contributed by atoms with E-state index in [1.54, 1.807) is 13.1 Å². The van der Waals surface area contributed by atoms with Crippen molar-refractivity contribution in [2.24, 2.45) is 7.05 Å². The summed E-state index contributed by atoms with van der Waals surface area (Å²) in [4.78, 5) is 0. The number of anilines is 1. The lowest BCUT2D eigenvalue weighted by Gasteiger charge is -2.07. The summed E-state index contributed by atoms with van der Waals surface area (Å²) in [7, 11) is 1.71. The fraction of sp³-hybridized carbons (Fsp3) is 0.667. The number of nitrogen functional groups attached to an aromatic ring is 1. The molecule has 1 aromatic rings. The summed E-state index contributed by atoms with van der Waals surface area (Å²) in [5.74, 6) is -2.12. The quantitative estimate of drug-likeness (QED) is 0.754. The Hall–Kier alpha value is -1.13. The summed E-state index contributed by atoms with van der Waals surface area (Å²) in [6, 6.07) is 1.69. The Balaban J connectivity index is 2.17. The Morgan fingerprint density at radius 3 is 2.79 bits per heavy atom. The zero-order valence-electron chi connectivity index (χ0n) is 8.00. The van der Waals surface area contributed by atoms with Gasteiger partial charge in [-0.15, -0.1) is 0 Å². The SMILES string of the molecule is Cn1nc(C2CCC(F)(F)C2)cc1N. The van der Waals surface area contributed by atoms with Gasteiger partial charge in [-0.1, -0.05) is 0 Å². The van der Waals surface area contributed by atoms with Crippen LogP contribution in [-0.4, -0.2) is 15.7 Å². The minimum atomic E-state index is -2.52. The average molecular weight is 201 g/mol. The first-order chi connectivity index (χ1) is 6.48. The molecule has 0 spiro atoms. The van der Waals surface area contributed by atoms with Crippen LogP contribution in [0.15, 0.2) is 6.07 Å². The van der Waals surface area contributed by atoms with Gasteiger partial charge in [0.1, 0.15) is 5.82 Å². The molecule has 14 heavy (non-hydrogen) atoms. The Bertz CT molecular complexity index is 326. The van der Waals surface area contributed by atoms with Crippen molar-refractivity contribution < 1.29 is 8.78 Å². The van der Waals surface area contributed by atoms with Gasteiger partial charge in [0.15, 0.2) is 0 Å². The molecule has 0 aliphatic heterocycles. The molecule has 1 aliphatic rings. The lowest BCUT2D eigenvalue weighted by Crippen LogP contribution is -2.09. The van der Waals surface area contributed by atoms with E-state index in [2.05, 4.69) is 5.10 Å². The molecule has 1 unspecified atom stereocenters. The van der Waals surface area contributed by atoms with Crippen molar-refractivity contribution in [3.63, 3.8) is 0 Å². The Morgan fingerprint density at radius 1 is 1.64 bits per heavy atom. The molecule has 78 valence electrons. The highest BCUT2D eigenvalue weighted by Gasteiger charge is 2.40. The van der Waals surface area contributed by atoms with E-state index in [0.717, 1.165) is 0 Å². The highest BCUT2D eigenvalue weighted by atomic mass is 19.3. The van der Waals surface area contributed by atoms with Crippen LogP contribution in [0.1, 0.15) is 30.9 Å². The summed E-state index contributed by atoms with van der Waals surface area (Å²) in [6.45, 7) is 0. The van der Waals surface area contributed by atoms with Gasteiger partial charge in [-0.2, -0.15) is 5.10 Å². The highest BCUT2D eigenvalue weighted by molar-refractivity contribution is 5.32. The minimum absolute atomic E-state index is 0.0336. The highest BCUT2D eigenvalue weighted by Crippen LogP contribution is 2.43. The number of aromatic nitrogens is 2. The molecule has 1 aromatic heterocycles. The summed E-state index contributed by atoms with van der Waals surface area (Å²) < 4.78 is 27.4. The standard InChI is InChI=1S/C9H13F2N3/c1-14-8(12)4-7(13-14)6-2-3-9(10,11)5-6/h4,6H,2-3,5,12H2,1H3. The summed E-state index contributed by atoms with van der Waals surface area (Å²) in [5, 5.41) is 4.12. The number of aryl methyl sites for hydroxylation is 1. The molecule has 0 bridgehead atoms. The second-order valence-corrected chi connectivity index (χ2v) is 3.91. The van der Waals surface area contributed by atoms with Gasteiger partial charge in [-0.3, -0.25) is 4.68 Å². The van der Waals surface area contributed by atoms with E-state index in [1.165, 1.54) is 4.68 Å². The van der Waals surface area contributed by atoms with Gasteiger partial charge in [-0.25, -0.2) is 8.78 Å². The summed E-state index contributed by atoms with van der Waals surface area (Å²) in [6.07, 6.45) is 0.376. The lowest BCUT2D eigenvalue weighted by atomic mass is 10.0. The molecule has 0 radical (unpaired) electrons. The maximum atomic E-state index is 12.9. The van der Waals surface area contributed by atoms with Crippen LogP contribution in [0.3, 0.4) is 0 Å². The van der Waals surface area contributed by atoms with Gasteiger partial charge in [0, 0.05) is 31.9 Å². The molecule has 2 N–H and O–H groups in total. The van der Waals surface area contributed by atoms with Gasteiger partial charge >= 0.3 is 0 Å². The topological polar surface area (TPSA) is 43.8 Å². The molecule has 3 nitrogen and oxygen atoms in total. The number of nitrogens with zero attached hydrogens (tertiary/aromatic N) is 2. The molecule has 1 heterocycles. The third kappa shape index (κ3) is 1.58. The normalized spacial score (nSPS) is 25.5. The molecule has 2 rings (SSSR count). The molecule has 0 aromatic carbocycles. The first-order valence-corrected chi connectivity index (χ1v) is 4.65. The predicted molar refractivity (Wildman–Crippen MR) is 49.2 cm³/mol. The fourth-order valence-electron chi connectivity index (χ4n) is 1.91. The van der Waals surface area contributed by atoms with Crippen LogP contribution in [0.5, 0.6) is 0 Å². The van der Waals surface area contributed by atoms with Crippen LogP contribution in [0.25, 0.3) is 0 Å². The summed E-state index contributed by atoms with van der Waals surface area (Å²) in [5.41, 5.74) is 6.29. The van der Waals surface area contributed by atoms with Gasteiger partial charge < -0.3 is 5.73 Å². The van der Waals surface area contributed by atoms with E-state index in [4.69, 9.17) is 5.73 Å². The van der Waals surface area contributed by atoms with Crippen molar-refractivity contribution in [1.29, 1.82) is 0 Å². The van der Waals surface area contributed by atoms with Crippen LogP contribution in [0, 0.1) is 0 Å². The molecule has 0 saturated heterocycles. The van der Waals surface area contributed by atoms with E-state index < -0.39 is 5.92 Å². The van der Waals surface area contributed by atoms with Gasteiger partial charge in [-0.05, 0) is 6.42 Å². The van der Waals surface area contributed by atoms with Gasteiger partial charge in [0.25, 0.3) is 0 Å². The molecular weight excluding hydrogens is 188 g/mol. The lowest BCUT2D eigenvalue weighted by molar-refractivity contribution is 0.00764. The number of halogens is 2. The van der Waals surface area contributed by atoms with Crippen LogP contribution in [0.2, 0.25) is 0 Å². The van der Waals surface area contributed by atoms with E-state index in [9.17, 15) is 8.78 Å². The van der Waals surface area contributed by atoms with Crippen molar-refractivity contribution in [1.82, 2.24) is 9.78 Å². The third-order valence-electron chi connectivity index (χ3n) is 2.76. The molecule has 0 amide bonds. The molecule has 1 saturated carbocycles. The molecule has 1 fully saturated rings. The maximum absolute atomic E-state index is 12.9. The Labute approximate surface area is 80.9 Å². The van der Waals surface area contributed by atoms with E-state index >= 15 is 0 Å². The third-order valence-corrected chi connectivity index (χ3v) is 2.76. The molecule has 1 aliphatic carbocycles. The van der Waals surface area contributed by atoms with E-state index in [-0.39, 0.29) is 18.8 Å². The second kappa shape index (κ2) is 2.93. The average Bonchev–Trinajstić information content (AvgIpc) is 2.57. The Kier molecular flexibility index (Phi) is 1.97. The fourth-order valence-corrected chi connectivity index (χ4v) is 1.91. The second-order valence-electron chi connectivity index (χ2n) is 3.91. The largest absolute Gasteiger partial charge is 0.384 e. The monoisotopic (exact) mass is 201 g/mol. The first-order valence-electron chi connectivity index (χ1n) is 4.65. The molecule has 1 atom stereocenters. The molecular formula is C9H13F2N3. The number of nitrogens with two attached hydrogens (primary N) is 1. The van der Waals surface area contributed by atoms with Gasteiger partial charge in [0.2, 0.25) is 5.92 Å². The smallest absolute Gasteiger partial charge is 0.248 e. The van der Waals surface area contributed by atoms with Crippen LogP contribution in [0.4, 0.5) is 14.6 Å². The number of hydrogen-bond acceptors (Lipinski definition) is 2. The van der Waals surface area contributed by atoms with Gasteiger partial charge in [0.05, 0.1) is 5.69 Å². The summed E-state index contributed by atoms with van der Waals surface area (Å²) >= 11 is 0. The zero-order valence-corrected chi connectivity index (χ0v) is 8.00. The minimum Gasteiger partial charge on any atom is -0.384 e. The van der Waals surface area contributed by atoms with E-state index in [0.29, 0.717) is 17.9 Å². The van der Waals surface area contributed by atoms with E-state index in [1.807, 2.05) is 0 Å². The molecule has 5 heteroatoms. The van der Waals surface area contributed by atoms with Crippen LogP contribution < -0.4 is 5.73 Å². The van der Waals surface area contributed by atoms with Crippen molar-refractivity contribution in [2.45, 2.75) is 31.1 Å². The predicted octanol–water partition coefficient (Wildman–Crippen LogP) is 1.91. The van der Waals surface area contributed by atoms with Crippen molar-refractivity contribution in [2.75, 3.05) is 5.73 Å². The maximum Gasteiger partial charge on any atom is 0.248 e. The first kappa shape index (κ1) is 9.43. The zero-order chi connectivity index (χ0) is 10.3. The van der Waals surface area contributed by atoms with Crippen molar-refractivity contribution in [3.05, 3.63) is 11.8 Å². The Morgan fingerprint density at radius 2 is 2.36 bits per heavy atom. The van der Waals surface area contributed by atoms with Crippen LogP contribution in [-0.2, 0) is 7.05 Å². The number of alkyl halides is 2. The van der Waals surface area contributed by atoms with Crippen molar-refractivity contribution >= 4 is 5.82 Å². The van der Waals surface area contributed by atoms with Crippen LogP contribution >= 0.6 is 0 Å².